The number of carboxylic acid groups (broad SMARTS) is 2. The van der Waals surface area contributed by atoms with Crippen molar-refractivity contribution in [2.24, 2.45) is 0 Å². The molecule has 21 heavy (non-hydrogen) atoms. The number of aryl methyl sites for hydroxylation is 1. The fraction of sp³-hybridized carbons (Fsp3) is 0.385. The largest absolute Gasteiger partial charge is 0.481 e. The van der Waals surface area contributed by atoms with Crippen molar-refractivity contribution in [3.63, 3.8) is 0 Å². The maximum Gasteiger partial charge on any atom is 0.321 e. The zero-order chi connectivity index (χ0) is 15.9. The second kappa shape index (κ2) is 7.75. The fourth-order valence-corrected chi connectivity index (χ4v) is 2.95. The summed E-state index contributed by atoms with van der Waals surface area (Å²) in [6, 6.07) is 7.48. The van der Waals surface area contributed by atoms with Crippen molar-refractivity contribution in [3.8, 4) is 0 Å². The number of rotatable bonds is 9. The summed E-state index contributed by atoms with van der Waals surface area (Å²) in [6.45, 7) is 0. The first-order valence-corrected chi connectivity index (χ1v) is 7.94. The molecule has 1 unspecified atom stereocenters. The number of hydrogen-bond donors (Lipinski definition) is 3. The topological polar surface area (TPSA) is 121 Å². The monoisotopic (exact) mass is 315 g/mol. The Bertz CT molecular complexity index is 584. The Morgan fingerprint density at radius 2 is 1.76 bits per heavy atom. The molecule has 0 heterocycles. The first-order chi connectivity index (χ1) is 9.80. The molecule has 0 aliphatic carbocycles. The predicted octanol–water partition coefficient (Wildman–Crippen LogP) is 0.466. The quantitative estimate of drug-likeness (QED) is 0.609. The minimum atomic E-state index is -3.80. The van der Waals surface area contributed by atoms with E-state index in [4.69, 9.17) is 10.2 Å². The van der Waals surface area contributed by atoms with Crippen LogP contribution in [-0.4, -0.2) is 42.4 Å². The highest BCUT2D eigenvalue weighted by Gasteiger charge is 2.24. The standard InChI is InChI=1S/C13H17NO6S/c15-12(16)7-6-11(13(17)18)14-21(19,20)9-8-10-4-2-1-3-5-10/h1-5,11,14H,6-9H2,(H,15,16)(H,17,18). The van der Waals surface area contributed by atoms with Crippen LogP contribution in [0.2, 0.25) is 0 Å². The first kappa shape index (κ1) is 17.1. The summed E-state index contributed by atoms with van der Waals surface area (Å²) in [4.78, 5) is 21.4. The van der Waals surface area contributed by atoms with Crippen molar-refractivity contribution >= 4 is 22.0 Å². The summed E-state index contributed by atoms with van der Waals surface area (Å²) in [5, 5.41) is 17.4. The molecule has 0 aliphatic heterocycles. The normalized spacial score (nSPS) is 12.8. The Balaban J connectivity index is 2.59. The number of benzene rings is 1. The molecule has 1 rings (SSSR count). The Morgan fingerprint density at radius 3 is 2.29 bits per heavy atom. The fourth-order valence-electron chi connectivity index (χ4n) is 1.67. The van der Waals surface area contributed by atoms with Gasteiger partial charge in [0.1, 0.15) is 6.04 Å². The summed E-state index contributed by atoms with van der Waals surface area (Å²) in [7, 11) is -3.80. The van der Waals surface area contributed by atoms with E-state index < -0.39 is 34.4 Å². The molecule has 0 spiro atoms. The molecule has 1 aromatic carbocycles. The summed E-state index contributed by atoms with van der Waals surface area (Å²) in [5.41, 5.74) is 0.820. The molecule has 8 heteroatoms. The van der Waals surface area contributed by atoms with Gasteiger partial charge in [0.15, 0.2) is 0 Å². The smallest absolute Gasteiger partial charge is 0.321 e. The summed E-state index contributed by atoms with van der Waals surface area (Å²) in [5.74, 6) is -2.82. The predicted molar refractivity (Wildman–Crippen MR) is 75.4 cm³/mol. The third kappa shape index (κ3) is 6.87. The molecule has 0 bridgehead atoms. The summed E-state index contributed by atoms with van der Waals surface area (Å²) < 4.78 is 25.7. The molecule has 116 valence electrons. The van der Waals surface area contributed by atoms with Crippen LogP contribution in [0.4, 0.5) is 0 Å². The van der Waals surface area contributed by atoms with E-state index in [9.17, 15) is 18.0 Å². The van der Waals surface area contributed by atoms with E-state index in [1.807, 2.05) is 10.8 Å². The average Bonchev–Trinajstić information content (AvgIpc) is 2.42. The van der Waals surface area contributed by atoms with E-state index in [0.29, 0.717) is 0 Å². The van der Waals surface area contributed by atoms with E-state index in [2.05, 4.69) is 0 Å². The Labute approximate surface area is 122 Å². The van der Waals surface area contributed by atoms with Crippen molar-refractivity contribution in [1.29, 1.82) is 0 Å². The molecule has 7 nitrogen and oxygen atoms in total. The van der Waals surface area contributed by atoms with Crippen LogP contribution in [-0.2, 0) is 26.0 Å². The molecule has 0 fully saturated rings. The van der Waals surface area contributed by atoms with E-state index >= 15 is 0 Å². The number of aliphatic carboxylic acids is 2. The lowest BCUT2D eigenvalue weighted by molar-refractivity contribution is -0.140. The number of carbonyl (C=O) groups is 2. The molecular weight excluding hydrogens is 298 g/mol. The molecule has 0 amide bonds. The second-order valence-electron chi connectivity index (χ2n) is 4.50. The Kier molecular flexibility index (Phi) is 6.32. The molecule has 0 aliphatic rings. The summed E-state index contributed by atoms with van der Waals surface area (Å²) >= 11 is 0. The zero-order valence-electron chi connectivity index (χ0n) is 11.2. The molecule has 0 radical (unpaired) electrons. The van der Waals surface area contributed by atoms with Crippen molar-refractivity contribution < 1.29 is 28.2 Å². The van der Waals surface area contributed by atoms with Crippen LogP contribution in [0.15, 0.2) is 30.3 Å². The van der Waals surface area contributed by atoms with Gasteiger partial charge in [0, 0.05) is 6.42 Å². The lowest BCUT2D eigenvalue weighted by atomic mass is 10.2. The molecule has 1 aromatic rings. The maximum atomic E-state index is 11.8. The van der Waals surface area contributed by atoms with Gasteiger partial charge in [0.2, 0.25) is 10.0 Å². The van der Waals surface area contributed by atoms with Crippen molar-refractivity contribution in [2.45, 2.75) is 25.3 Å². The lowest BCUT2D eigenvalue weighted by Gasteiger charge is -2.13. The molecule has 3 N–H and O–H groups in total. The van der Waals surface area contributed by atoms with Gasteiger partial charge in [0.25, 0.3) is 0 Å². The second-order valence-corrected chi connectivity index (χ2v) is 6.37. The van der Waals surface area contributed by atoms with Gasteiger partial charge in [-0.05, 0) is 18.4 Å². The van der Waals surface area contributed by atoms with Crippen molar-refractivity contribution in [3.05, 3.63) is 35.9 Å². The van der Waals surface area contributed by atoms with Gasteiger partial charge in [0.05, 0.1) is 5.75 Å². The molecule has 0 saturated heterocycles. The molecule has 1 atom stereocenters. The van der Waals surface area contributed by atoms with Crippen molar-refractivity contribution in [2.75, 3.05) is 5.75 Å². The van der Waals surface area contributed by atoms with Crippen LogP contribution < -0.4 is 4.72 Å². The highest BCUT2D eigenvalue weighted by molar-refractivity contribution is 7.89. The third-order valence-corrected chi connectivity index (χ3v) is 4.15. The number of nitrogens with one attached hydrogen (secondary N) is 1. The number of sulfonamides is 1. The molecule has 0 aromatic heterocycles. The van der Waals surface area contributed by atoms with Crippen LogP contribution in [0.5, 0.6) is 0 Å². The Hall–Kier alpha value is -1.93. The number of hydrogen-bond acceptors (Lipinski definition) is 4. The van der Waals surface area contributed by atoms with Gasteiger partial charge in [-0.15, -0.1) is 0 Å². The van der Waals surface area contributed by atoms with Crippen LogP contribution >= 0.6 is 0 Å². The van der Waals surface area contributed by atoms with Gasteiger partial charge in [-0.3, -0.25) is 9.59 Å². The maximum absolute atomic E-state index is 11.8. The third-order valence-electron chi connectivity index (χ3n) is 2.77. The molecule has 0 saturated carbocycles. The van der Waals surface area contributed by atoms with Gasteiger partial charge >= 0.3 is 11.9 Å². The van der Waals surface area contributed by atoms with Crippen LogP contribution in [0.1, 0.15) is 18.4 Å². The van der Waals surface area contributed by atoms with E-state index in [-0.39, 0.29) is 18.6 Å². The van der Waals surface area contributed by atoms with Gasteiger partial charge in [-0.2, -0.15) is 0 Å². The van der Waals surface area contributed by atoms with E-state index in [1.54, 1.807) is 24.3 Å². The SMILES string of the molecule is O=C(O)CCC(NS(=O)(=O)CCc1ccccc1)C(=O)O. The van der Waals surface area contributed by atoms with E-state index in [1.165, 1.54) is 0 Å². The Morgan fingerprint density at radius 1 is 1.14 bits per heavy atom. The highest BCUT2D eigenvalue weighted by Crippen LogP contribution is 2.04. The van der Waals surface area contributed by atoms with Crippen LogP contribution in [0, 0.1) is 0 Å². The number of carboxylic acids is 2. The first-order valence-electron chi connectivity index (χ1n) is 6.28. The minimum absolute atomic E-state index is 0.251. The van der Waals surface area contributed by atoms with Gasteiger partial charge in [-0.1, -0.05) is 30.3 Å². The van der Waals surface area contributed by atoms with Crippen molar-refractivity contribution in [1.82, 2.24) is 4.72 Å². The van der Waals surface area contributed by atoms with Gasteiger partial charge < -0.3 is 10.2 Å². The lowest BCUT2D eigenvalue weighted by Crippen LogP contribution is -2.42. The summed E-state index contributed by atoms with van der Waals surface area (Å²) in [6.07, 6.45) is -0.463. The van der Waals surface area contributed by atoms with E-state index in [0.717, 1.165) is 5.56 Å². The highest BCUT2D eigenvalue weighted by atomic mass is 32.2. The van der Waals surface area contributed by atoms with Crippen LogP contribution in [0.25, 0.3) is 0 Å². The minimum Gasteiger partial charge on any atom is -0.481 e. The average molecular weight is 315 g/mol. The molecular formula is C13H17NO6S. The van der Waals surface area contributed by atoms with Crippen LogP contribution in [0.3, 0.4) is 0 Å². The zero-order valence-corrected chi connectivity index (χ0v) is 12.0. The van der Waals surface area contributed by atoms with Gasteiger partial charge in [-0.25, -0.2) is 13.1 Å².